The van der Waals surface area contributed by atoms with Gasteiger partial charge in [-0.3, -0.25) is 9.59 Å². The summed E-state index contributed by atoms with van der Waals surface area (Å²) in [4.78, 5) is 26.8. The van der Waals surface area contributed by atoms with Crippen LogP contribution in [0.4, 0.5) is 0 Å². The Bertz CT molecular complexity index is 996. The molecule has 0 fully saturated rings. The zero-order valence-corrected chi connectivity index (χ0v) is 13.8. The molecule has 1 amide bonds. The molecular formula is C19H18N4O2. The number of rotatable bonds is 3. The van der Waals surface area contributed by atoms with Gasteiger partial charge in [-0.25, -0.2) is 4.68 Å². The van der Waals surface area contributed by atoms with Gasteiger partial charge in [0.2, 0.25) is 5.91 Å². The molecule has 6 heteroatoms. The molecule has 0 radical (unpaired) electrons. The molecule has 25 heavy (non-hydrogen) atoms. The van der Waals surface area contributed by atoms with Gasteiger partial charge in [0, 0.05) is 19.5 Å². The average Bonchev–Trinajstić information content (AvgIpc) is 2.67. The highest BCUT2D eigenvalue weighted by Gasteiger charge is 2.20. The maximum absolute atomic E-state index is 12.5. The fourth-order valence-electron chi connectivity index (χ4n) is 3.24. The first kappa shape index (κ1) is 15.5. The van der Waals surface area contributed by atoms with Crippen molar-refractivity contribution in [2.45, 2.75) is 25.9 Å². The van der Waals surface area contributed by atoms with Gasteiger partial charge in [0.25, 0.3) is 5.56 Å². The molecule has 4 rings (SSSR count). The Hall–Kier alpha value is -3.02. The van der Waals surface area contributed by atoms with E-state index in [1.165, 1.54) is 15.8 Å². The predicted octanol–water partition coefficient (Wildman–Crippen LogP) is 1.77. The van der Waals surface area contributed by atoms with Gasteiger partial charge in [-0.15, -0.1) is 5.10 Å². The van der Waals surface area contributed by atoms with Crippen LogP contribution in [0.5, 0.6) is 0 Å². The number of amides is 1. The summed E-state index contributed by atoms with van der Waals surface area (Å²) in [6.45, 7) is 1.59. The minimum Gasteiger partial charge on any atom is -0.338 e. The van der Waals surface area contributed by atoms with E-state index < -0.39 is 0 Å². The summed E-state index contributed by atoms with van der Waals surface area (Å²) in [5, 5.41) is 8.52. The number of benzene rings is 2. The highest BCUT2D eigenvalue weighted by atomic mass is 16.2. The zero-order valence-electron chi connectivity index (χ0n) is 13.8. The summed E-state index contributed by atoms with van der Waals surface area (Å²) < 4.78 is 1.28. The molecule has 2 heterocycles. The Kier molecular flexibility index (Phi) is 4.01. The fraction of sp³-hybridized carbons (Fsp3) is 0.263. The molecule has 0 N–H and O–H groups in total. The van der Waals surface area contributed by atoms with Gasteiger partial charge < -0.3 is 4.90 Å². The van der Waals surface area contributed by atoms with Gasteiger partial charge in [-0.1, -0.05) is 41.6 Å². The molecule has 2 aromatic carbocycles. The van der Waals surface area contributed by atoms with Gasteiger partial charge in [0.1, 0.15) is 5.52 Å². The molecule has 6 nitrogen and oxygen atoms in total. The molecule has 126 valence electrons. The van der Waals surface area contributed by atoms with E-state index in [1.54, 1.807) is 18.2 Å². The van der Waals surface area contributed by atoms with Crippen LogP contribution in [-0.4, -0.2) is 32.3 Å². The molecular weight excluding hydrogens is 316 g/mol. The second kappa shape index (κ2) is 6.47. The molecule has 1 aromatic heterocycles. The smallest absolute Gasteiger partial charge is 0.277 e. The first-order chi connectivity index (χ1) is 12.2. The van der Waals surface area contributed by atoms with Crippen molar-refractivity contribution in [3.63, 3.8) is 0 Å². The highest BCUT2D eigenvalue weighted by Crippen LogP contribution is 2.19. The summed E-state index contributed by atoms with van der Waals surface area (Å²) in [6, 6.07) is 15.3. The van der Waals surface area contributed by atoms with E-state index in [0.717, 1.165) is 6.42 Å². The van der Waals surface area contributed by atoms with Crippen molar-refractivity contribution in [2.24, 2.45) is 0 Å². The molecule has 0 bridgehead atoms. The van der Waals surface area contributed by atoms with Crippen LogP contribution >= 0.6 is 0 Å². The number of aryl methyl sites for hydroxylation is 1. The average molecular weight is 334 g/mol. The van der Waals surface area contributed by atoms with E-state index >= 15 is 0 Å². The summed E-state index contributed by atoms with van der Waals surface area (Å²) in [5.41, 5.74) is 2.87. The number of aromatic nitrogens is 3. The van der Waals surface area contributed by atoms with Crippen LogP contribution in [-0.2, 0) is 24.3 Å². The lowest BCUT2D eigenvalue weighted by Gasteiger charge is -2.29. The molecule has 1 aliphatic heterocycles. The summed E-state index contributed by atoms with van der Waals surface area (Å²) >= 11 is 0. The minimum absolute atomic E-state index is 0.0383. The van der Waals surface area contributed by atoms with Crippen molar-refractivity contribution in [3.8, 4) is 0 Å². The van der Waals surface area contributed by atoms with Crippen LogP contribution in [0.1, 0.15) is 17.5 Å². The second-order valence-corrected chi connectivity index (χ2v) is 6.22. The van der Waals surface area contributed by atoms with Crippen LogP contribution in [0, 0.1) is 0 Å². The number of hydrogen-bond donors (Lipinski definition) is 0. The van der Waals surface area contributed by atoms with Gasteiger partial charge in [0.05, 0.1) is 11.9 Å². The quantitative estimate of drug-likeness (QED) is 0.732. The predicted molar refractivity (Wildman–Crippen MR) is 94.0 cm³/mol. The van der Waals surface area contributed by atoms with Crippen molar-refractivity contribution in [1.29, 1.82) is 0 Å². The minimum atomic E-state index is -0.206. The van der Waals surface area contributed by atoms with Crippen LogP contribution in [0.15, 0.2) is 53.3 Å². The maximum atomic E-state index is 12.5. The third kappa shape index (κ3) is 3.03. The second-order valence-electron chi connectivity index (χ2n) is 6.22. The van der Waals surface area contributed by atoms with Crippen molar-refractivity contribution in [3.05, 3.63) is 70.0 Å². The lowest BCUT2D eigenvalue weighted by Crippen LogP contribution is -2.37. The van der Waals surface area contributed by atoms with Crippen molar-refractivity contribution in [2.75, 3.05) is 6.54 Å². The number of carbonyl (C=O) groups is 1. The normalized spacial score (nSPS) is 13.7. The Morgan fingerprint density at radius 1 is 1.04 bits per heavy atom. The van der Waals surface area contributed by atoms with E-state index in [9.17, 15) is 9.59 Å². The molecule has 3 aromatic rings. The van der Waals surface area contributed by atoms with Crippen molar-refractivity contribution >= 4 is 16.8 Å². The standard InChI is InChI=1S/C19H18N4O2/c24-18(22-11-9-14-5-1-2-6-15(14)13-22)10-12-23-19(25)16-7-3-4-8-17(16)20-21-23/h1-8H,9-13H2. The van der Waals surface area contributed by atoms with E-state index in [4.69, 9.17) is 0 Å². The molecule has 0 atom stereocenters. The van der Waals surface area contributed by atoms with Crippen LogP contribution in [0.3, 0.4) is 0 Å². The first-order valence-corrected chi connectivity index (χ1v) is 8.39. The van der Waals surface area contributed by atoms with Crippen molar-refractivity contribution in [1.82, 2.24) is 19.9 Å². The largest absolute Gasteiger partial charge is 0.338 e. The van der Waals surface area contributed by atoms with E-state index in [2.05, 4.69) is 22.4 Å². The van der Waals surface area contributed by atoms with E-state index in [-0.39, 0.29) is 24.4 Å². The first-order valence-electron chi connectivity index (χ1n) is 8.39. The van der Waals surface area contributed by atoms with Crippen LogP contribution in [0.2, 0.25) is 0 Å². The summed E-state index contributed by atoms with van der Waals surface area (Å²) in [6.07, 6.45) is 1.12. The van der Waals surface area contributed by atoms with Gasteiger partial charge in [-0.05, 0) is 29.7 Å². The molecule has 0 saturated carbocycles. The molecule has 0 unspecified atom stereocenters. The molecule has 0 spiro atoms. The van der Waals surface area contributed by atoms with Crippen LogP contribution in [0.25, 0.3) is 10.9 Å². The topological polar surface area (TPSA) is 68.1 Å². The summed E-state index contributed by atoms with van der Waals surface area (Å²) in [5.74, 6) is 0.0383. The van der Waals surface area contributed by atoms with Gasteiger partial charge in [-0.2, -0.15) is 0 Å². The van der Waals surface area contributed by atoms with E-state index in [1.807, 2.05) is 23.1 Å². The number of hydrogen-bond acceptors (Lipinski definition) is 4. The van der Waals surface area contributed by atoms with Gasteiger partial charge >= 0.3 is 0 Å². The van der Waals surface area contributed by atoms with Crippen molar-refractivity contribution < 1.29 is 4.79 Å². The van der Waals surface area contributed by atoms with Crippen LogP contribution < -0.4 is 5.56 Å². The third-order valence-electron chi connectivity index (χ3n) is 4.65. The number of carbonyl (C=O) groups excluding carboxylic acids is 1. The monoisotopic (exact) mass is 334 g/mol. The molecule has 1 aliphatic rings. The highest BCUT2D eigenvalue weighted by molar-refractivity contribution is 5.77. The molecule has 0 saturated heterocycles. The number of nitrogens with zero attached hydrogens (tertiary/aromatic N) is 4. The zero-order chi connectivity index (χ0) is 17.2. The number of fused-ring (bicyclic) bond motifs is 2. The van der Waals surface area contributed by atoms with E-state index in [0.29, 0.717) is 24.0 Å². The lowest BCUT2D eigenvalue weighted by molar-refractivity contribution is -0.132. The fourth-order valence-corrected chi connectivity index (χ4v) is 3.24. The maximum Gasteiger partial charge on any atom is 0.277 e. The molecule has 0 aliphatic carbocycles. The van der Waals surface area contributed by atoms with Gasteiger partial charge in [0.15, 0.2) is 0 Å². The summed E-state index contributed by atoms with van der Waals surface area (Å²) in [7, 11) is 0. The Balaban J connectivity index is 1.46. The Morgan fingerprint density at radius 3 is 2.68 bits per heavy atom. The Labute approximate surface area is 144 Å². The lowest BCUT2D eigenvalue weighted by atomic mass is 10.00. The SMILES string of the molecule is O=C(CCn1nnc2ccccc2c1=O)N1CCc2ccccc2C1. The Morgan fingerprint density at radius 2 is 1.80 bits per heavy atom. The third-order valence-corrected chi connectivity index (χ3v) is 4.65.